The van der Waals surface area contributed by atoms with Crippen molar-refractivity contribution in [3.8, 4) is 0 Å². The molecule has 3 heteroatoms. The Morgan fingerprint density at radius 2 is 1.84 bits per heavy atom. The van der Waals surface area contributed by atoms with Crippen molar-refractivity contribution in [3.63, 3.8) is 0 Å². The Bertz CT molecular complexity index is 607. The Morgan fingerprint density at radius 1 is 1.11 bits per heavy atom. The molecular weight excluding hydrogens is 302 g/mol. The molecule has 2 aromatic rings. The van der Waals surface area contributed by atoms with Crippen LogP contribution in [0.15, 0.2) is 46.9 Å². The highest BCUT2D eigenvalue weighted by Gasteiger charge is 2.09. The summed E-state index contributed by atoms with van der Waals surface area (Å²) in [6.07, 6.45) is 0. The van der Waals surface area contributed by atoms with Crippen molar-refractivity contribution in [2.75, 3.05) is 0 Å². The van der Waals surface area contributed by atoms with Crippen LogP contribution >= 0.6 is 15.9 Å². The summed E-state index contributed by atoms with van der Waals surface area (Å²) in [6, 6.07) is 13.9. The van der Waals surface area contributed by atoms with Gasteiger partial charge in [-0.1, -0.05) is 41.5 Å². The van der Waals surface area contributed by atoms with Crippen LogP contribution in [0.5, 0.6) is 0 Å². The molecule has 0 atom stereocenters. The van der Waals surface area contributed by atoms with E-state index in [9.17, 15) is 4.79 Å². The molecule has 2 nitrogen and oxygen atoms in total. The number of hydrogen-bond donors (Lipinski definition) is 1. The van der Waals surface area contributed by atoms with Crippen molar-refractivity contribution in [1.82, 2.24) is 5.32 Å². The Morgan fingerprint density at radius 3 is 2.58 bits per heavy atom. The molecule has 98 valence electrons. The highest BCUT2D eigenvalue weighted by Crippen LogP contribution is 2.18. The van der Waals surface area contributed by atoms with E-state index < -0.39 is 0 Å². The van der Waals surface area contributed by atoms with Crippen LogP contribution in [0.1, 0.15) is 27.0 Å². The molecule has 0 saturated carbocycles. The van der Waals surface area contributed by atoms with Crippen LogP contribution in [0.2, 0.25) is 0 Å². The lowest BCUT2D eigenvalue weighted by Crippen LogP contribution is -2.23. The molecule has 0 saturated heterocycles. The number of carbonyl (C=O) groups excluding carboxylic acids is 1. The molecule has 19 heavy (non-hydrogen) atoms. The first-order valence-electron chi connectivity index (χ1n) is 6.16. The Hall–Kier alpha value is -1.61. The zero-order valence-corrected chi connectivity index (χ0v) is 12.6. The van der Waals surface area contributed by atoms with E-state index in [4.69, 9.17) is 0 Å². The molecule has 2 aromatic carbocycles. The Balaban J connectivity index is 2.07. The molecule has 2 rings (SSSR count). The van der Waals surface area contributed by atoms with Crippen LogP contribution in [0.3, 0.4) is 0 Å². The largest absolute Gasteiger partial charge is 0.348 e. The summed E-state index contributed by atoms with van der Waals surface area (Å²) < 4.78 is 0.819. The number of benzene rings is 2. The number of halogens is 1. The molecule has 0 aliphatic heterocycles. The van der Waals surface area contributed by atoms with E-state index in [0.717, 1.165) is 15.6 Å². The molecule has 0 fully saturated rings. The van der Waals surface area contributed by atoms with Gasteiger partial charge in [0, 0.05) is 11.0 Å². The van der Waals surface area contributed by atoms with Gasteiger partial charge in [-0.3, -0.25) is 4.79 Å². The van der Waals surface area contributed by atoms with Gasteiger partial charge >= 0.3 is 0 Å². The van der Waals surface area contributed by atoms with Crippen molar-refractivity contribution in [2.45, 2.75) is 20.4 Å². The third-order valence-electron chi connectivity index (χ3n) is 2.90. The van der Waals surface area contributed by atoms with Crippen molar-refractivity contribution in [3.05, 3.63) is 69.2 Å². The maximum atomic E-state index is 12.1. The van der Waals surface area contributed by atoms with Crippen molar-refractivity contribution in [1.29, 1.82) is 0 Å². The van der Waals surface area contributed by atoms with Gasteiger partial charge in [0.2, 0.25) is 0 Å². The number of amides is 1. The van der Waals surface area contributed by atoms with Gasteiger partial charge in [0.25, 0.3) is 5.91 Å². The van der Waals surface area contributed by atoms with Gasteiger partial charge in [0.05, 0.1) is 5.56 Å². The smallest absolute Gasteiger partial charge is 0.252 e. The first-order chi connectivity index (χ1) is 9.06. The van der Waals surface area contributed by atoms with E-state index in [-0.39, 0.29) is 5.91 Å². The number of nitrogens with one attached hydrogen (secondary N) is 1. The van der Waals surface area contributed by atoms with E-state index >= 15 is 0 Å². The highest BCUT2D eigenvalue weighted by molar-refractivity contribution is 9.10. The summed E-state index contributed by atoms with van der Waals surface area (Å²) in [7, 11) is 0. The molecule has 0 spiro atoms. The molecule has 0 unspecified atom stereocenters. The summed E-state index contributed by atoms with van der Waals surface area (Å²) in [5, 5.41) is 2.94. The SMILES string of the molecule is Cc1cccc(CNC(=O)c2cc(C)ccc2Br)c1. The van der Waals surface area contributed by atoms with Gasteiger partial charge in [0.15, 0.2) is 0 Å². The maximum Gasteiger partial charge on any atom is 0.252 e. The summed E-state index contributed by atoms with van der Waals surface area (Å²) in [5.41, 5.74) is 4.05. The topological polar surface area (TPSA) is 29.1 Å². The maximum absolute atomic E-state index is 12.1. The van der Waals surface area contributed by atoms with Crippen LogP contribution < -0.4 is 5.32 Å². The van der Waals surface area contributed by atoms with Crippen LogP contribution in [0.4, 0.5) is 0 Å². The van der Waals surface area contributed by atoms with Gasteiger partial charge in [-0.05, 0) is 47.5 Å². The van der Waals surface area contributed by atoms with Gasteiger partial charge in [-0.15, -0.1) is 0 Å². The van der Waals surface area contributed by atoms with Crippen LogP contribution in [-0.4, -0.2) is 5.91 Å². The average Bonchev–Trinajstić information content (AvgIpc) is 2.39. The van der Waals surface area contributed by atoms with E-state index in [2.05, 4.69) is 27.3 Å². The van der Waals surface area contributed by atoms with Crippen LogP contribution in [-0.2, 0) is 6.54 Å². The lowest BCUT2D eigenvalue weighted by Gasteiger charge is -2.08. The molecule has 0 heterocycles. The first kappa shape index (κ1) is 13.8. The Kier molecular flexibility index (Phi) is 4.38. The Labute approximate surface area is 122 Å². The molecule has 0 radical (unpaired) electrons. The predicted molar refractivity (Wildman–Crippen MR) is 81.2 cm³/mol. The minimum absolute atomic E-state index is 0.0583. The average molecular weight is 318 g/mol. The fourth-order valence-corrected chi connectivity index (χ4v) is 2.34. The van der Waals surface area contributed by atoms with E-state index in [1.54, 1.807) is 0 Å². The monoisotopic (exact) mass is 317 g/mol. The fraction of sp³-hybridized carbons (Fsp3) is 0.188. The van der Waals surface area contributed by atoms with E-state index in [1.807, 2.05) is 50.2 Å². The second-order valence-corrected chi connectivity index (χ2v) is 5.51. The van der Waals surface area contributed by atoms with Gasteiger partial charge in [-0.2, -0.15) is 0 Å². The second kappa shape index (κ2) is 6.02. The second-order valence-electron chi connectivity index (χ2n) is 4.66. The van der Waals surface area contributed by atoms with Crippen molar-refractivity contribution >= 4 is 21.8 Å². The molecule has 0 bridgehead atoms. The third kappa shape index (κ3) is 3.67. The summed E-state index contributed by atoms with van der Waals surface area (Å²) >= 11 is 3.41. The summed E-state index contributed by atoms with van der Waals surface area (Å²) in [6.45, 7) is 4.56. The summed E-state index contributed by atoms with van der Waals surface area (Å²) in [5.74, 6) is -0.0583. The zero-order valence-electron chi connectivity index (χ0n) is 11.0. The lowest BCUT2D eigenvalue weighted by atomic mass is 10.1. The minimum Gasteiger partial charge on any atom is -0.348 e. The highest BCUT2D eigenvalue weighted by atomic mass is 79.9. The van der Waals surface area contributed by atoms with Gasteiger partial charge < -0.3 is 5.32 Å². The molecule has 1 amide bonds. The summed E-state index contributed by atoms with van der Waals surface area (Å²) in [4.78, 5) is 12.1. The quantitative estimate of drug-likeness (QED) is 0.911. The molecular formula is C16H16BrNO. The number of hydrogen-bond acceptors (Lipinski definition) is 1. The standard InChI is InChI=1S/C16H16BrNO/c1-11-4-3-5-13(8-11)10-18-16(19)14-9-12(2)6-7-15(14)17/h3-9H,10H2,1-2H3,(H,18,19). The van der Waals surface area contributed by atoms with E-state index in [0.29, 0.717) is 12.1 Å². The fourth-order valence-electron chi connectivity index (χ4n) is 1.91. The van der Waals surface area contributed by atoms with E-state index in [1.165, 1.54) is 5.56 Å². The third-order valence-corrected chi connectivity index (χ3v) is 3.59. The molecule has 0 aliphatic rings. The molecule has 1 N–H and O–H groups in total. The van der Waals surface area contributed by atoms with Gasteiger partial charge in [0.1, 0.15) is 0 Å². The number of rotatable bonds is 3. The normalized spacial score (nSPS) is 10.3. The van der Waals surface area contributed by atoms with Crippen molar-refractivity contribution in [2.24, 2.45) is 0 Å². The zero-order chi connectivity index (χ0) is 13.8. The predicted octanol–water partition coefficient (Wildman–Crippen LogP) is 4.00. The minimum atomic E-state index is -0.0583. The van der Waals surface area contributed by atoms with Gasteiger partial charge in [-0.25, -0.2) is 0 Å². The number of carbonyl (C=O) groups is 1. The molecule has 0 aromatic heterocycles. The molecule has 0 aliphatic carbocycles. The number of aryl methyl sites for hydroxylation is 2. The first-order valence-corrected chi connectivity index (χ1v) is 6.95. The lowest BCUT2D eigenvalue weighted by molar-refractivity contribution is 0.0950. The van der Waals surface area contributed by atoms with Crippen LogP contribution in [0.25, 0.3) is 0 Å². The van der Waals surface area contributed by atoms with Crippen LogP contribution in [0, 0.1) is 13.8 Å². The van der Waals surface area contributed by atoms with Crippen molar-refractivity contribution < 1.29 is 4.79 Å².